The zero-order valence-corrected chi connectivity index (χ0v) is 23.2. The Labute approximate surface area is 238 Å². The number of fused-ring (bicyclic) bond motifs is 1. The highest BCUT2D eigenvalue weighted by atomic mass is 32.1. The Morgan fingerprint density at radius 3 is 2.51 bits per heavy atom. The lowest BCUT2D eigenvalue weighted by Gasteiger charge is -2.21. The fourth-order valence-electron chi connectivity index (χ4n) is 5.27. The molecule has 0 bridgehead atoms. The smallest absolute Gasteiger partial charge is 0.225 e. The first kappa shape index (κ1) is 27.4. The molecule has 10 nitrogen and oxygen atoms in total. The van der Waals surface area contributed by atoms with Crippen LogP contribution in [-0.2, 0) is 11.3 Å². The summed E-state index contributed by atoms with van der Waals surface area (Å²) in [4.78, 5) is 30.3. The molecule has 3 heterocycles. The van der Waals surface area contributed by atoms with Gasteiger partial charge >= 0.3 is 0 Å². The summed E-state index contributed by atoms with van der Waals surface area (Å²) in [5, 5.41) is 30.8. The molecule has 4 unspecified atom stereocenters. The Balaban J connectivity index is 1.38. The molecule has 3 aromatic heterocycles. The number of carbonyl (C=O) groups is 1. The van der Waals surface area contributed by atoms with Crippen LogP contribution < -0.4 is 16.0 Å². The van der Waals surface area contributed by atoms with Crippen molar-refractivity contribution in [2.75, 3.05) is 10.6 Å². The molecule has 2 fully saturated rings. The molecule has 0 saturated heterocycles. The second-order valence-corrected chi connectivity index (χ2v) is 11.6. The molecule has 4 aromatic rings. The van der Waals surface area contributed by atoms with E-state index in [1.807, 2.05) is 6.07 Å². The molecule has 0 aliphatic heterocycles. The van der Waals surface area contributed by atoms with Crippen LogP contribution in [0, 0.1) is 18.6 Å². The summed E-state index contributed by atoms with van der Waals surface area (Å²) in [5.41, 5.74) is 2.80. The largest absolute Gasteiger partial charge is 0.388 e. The van der Waals surface area contributed by atoms with Crippen LogP contribution in [0.15, 0.2) is 30.5 Å². The molecule has 2 aliphatic rings. The number of carbonyl (C=O) groups excluding carboxylic acids is 1. The highest BCUT2D eigenvalue weighted by molar-refractivity contribution is 7.21. The molecule has 214 valence electrons. The molecule has 0 spiro atoms. The quantitative estimate of drug-likeness (QED) is 0.211. The number of aromatic nitrogens is 4. The highest BCUT2D eigenvalue weighted by Crippen LogP contribution is 2.44. The zero-order valence-electron chi connectivity index (χ0n) is 22.4. The van der Waals surface area contributed by atoms with Gasteiger partial charge in [0.2, 0.25) is 11.9 Å². The van der Waals surface area contributed by atoms with Gasteiger partial charge in [-0.2, -0.15) is 4.98 Å². The normalized spacial score (nSPS) is 22.2. The Kier molecular flexibility index (Phi) is 7.26. The molecule has 2 aliphatic carbocycles. The van der Waals surface area contributed by atoms with E-state index >= 15 is 0 Å². The summed E-state index contributed by atoms with van der Waals surface area (Å²) >= 11 is 1.47. The van der Waals surface area contributed by atoms with Crippen molar-refractivity contribution < 1.29 is 23.8 Å². The molecular weight excluding hydrogens is 552 g/mol. The predicted molar refractivity (Wildman–Crippen MR) is 150 cm³/mol. The first-order valence-corrected chi connectivity index (χ1v) is 14.2. The monoisotopic (exact) mass is 581 g/mol. The molecule has 4 atom stereocenters. The van der Waals surface area contributed by atoms with Gasteiger partial charge in [-0.25, -0.2) is 18.7 Å². The van der Waals surface area contributed by atoms with Gasteiger partial charge in [0.1, 0.15) is 40.2 Å². The fraction of sp³-hybridized carbons (Fsp3) is 0.393. The number of amides is 1. The number of thiazole rings is 1. The van der Waals surface area contributed by atoms with Crippen molar-refractivity contribution in [3.05, 3.63) is 59.0 Å². The van der Waals surface area contributed by atoms with Crippen molar-refractivity contribution in [3.63, 3.8) is 0 Å². The summed E-state index contributed by atoms with van der Waals surface area (Å²) in [6.45, 7) is 2.94. The standard InChI is InChI=1S/C28H29F2N7O3S/c1-12-21(27-36-23-20(41-27)8-9-31-22(23)14-6-7-14)26(35-19-10-18(34-13(2)38)24(39)25(19)40)37-28(33-12)32-11-15-16(29)4-3-5-17(15)30/h3-5,8-9,14,18-19,24-25,39-40H,6-7,10-11H2,1-2H3,(H,34,38)(H2,32,33,35,37). The second-order valence-electron chi connectivity index (χ2n) is 10.5. The molecule has 1 amide bonds. The van der Waals surface area contributed by atoms with Gasteiger partial charge in [0, 0.05) is 31.1 Å². The number of rotatable bonds is 8. The predicted octanol–water partition coefficient (Wildman–Crippen LogP) is 3.64. The van der Waals surface area contributed by atoms with Gasteiger partial charge in [-0.05, 0) is 44.4 Å². The summed E-state index contributed by atoms with van der Waals surface area (Å²) in [7, 11) is 0. The number of pyridine rings is 1. The lowest BCUT2D eigenvalue weighted by molar-refractivity contribution is -0.120. The van der Waals surface area contributed by atoms with E-state index in [1.165, 1.54) is 36.5 Å². The van der Waals surface area contributed by atoms with Gasteiger partial charge in [0.15, 0.2) is 0 Å². The minimum Gasteiger partial charge on any atom is -0.388 e. The van der Waals surface area contributed by atoms with Crippen LogP contribution in [0.4, 0.5) is 20.5 Å². The number of aliphatic hydroxyl groups is 2. The SMILES string of the molecule is CC(=O)NC1CC(Nc2nc(NCc3c(F)cccc3F)nc(C)c2-c2nc3c(C4CC4)nccc3s2)C(O)C1O. The van der Waals surface area contributed by atoms with Crippen LogP contribution in [0.1, 0.15) is 49.1 Å². The number of halogens is 2. The molecule has 0 radical (unpaired) electrons. The average molecular weight is 582 g/mol. The highest BCUT2D eigenvalue weighted by Gasteiger charge is 2.42. The molecule has 2 saturated carbocycles. The number of aliphatic hydroxyl groups excluding tert-OH is 2. The van der Waals surface area contributed by atoms with Crippen molar-refractivity contribution in [3.8, 4) is 10.6 Å². The van der Waals surface area contributed by atoms with Gasteiger partial charge in [-0.1, -0.05) is 6.07 Å². The number of hydrogen-bond donors (Lipinski definition) is 5. The van der Waals surface area contributed by atoms with Crippen LogP contribution >= 0.6 is 11.3 Å². The van der Waals surface area contributed by atoms with Gasteiger partial charge < -0.3 is 26.2 Å². The van der Waals surface area contributed by atoms with E-state index in [2.05, 4.69) is 30.9 Å². The molecule has 41 heavy (non-hydrogen) atoms. The molecule has 6 rings (SSSR count). The van der Waals surface area contributed by atoms with Crippen LogP contribution in [0.2, 0.25) is 0 Å². The molecule has 1 aromatic carbocycles. The first-order valence-electron chi connectivity index (χ1n) is 13.4. The third kappa shape index (κ3) is 5.44. The summed E-state index contributed by atoms with van der Waals surface area (Å²) < 4.78 is 29.5. The third-order valence-corrected chi connectivity index (χ3v) is 8.52. The van der Waals surface area contributed by atoms with Gasteiger partial charge in [-0.3, -0.25) is 9.78 Å². The van der Waals surface area contributed by atoms with Crippen molar-refractivity contribution >= 4 is 39.2 Å². The molecule has 5 N–H and O–H groups in total. The first-order chi connectivity index (χ1) is 19.7. The van der Waals surface area contributed by atoms with Crippen LogP contribution in [0.5, 0.6) is 0 Å². The molecular formula is C28H29F2N7O3S. The topological polar surface area (TPSA) is 145 Å². The number of aryl methyl sites for hydroxylation is 1. The van der Waals surface area contributed by atoms with E-state index in [9.17, 15) is 23.8 Å². The number of nitrogens with zero attached hydrogens (tertiary/aromatic N) is 4. The van der Waals surface area contributed by atoms with Crippen LogP contribution in [0.3, 0.4) is 0 Å². The van der Waals surface area contributed by atoms with Crippen molar-refractivity contribution in [2.24, 2.45) is 0 Å². The fourth-order valence-corrected chi connectivity index (χ4v) is 6.34. The minimum atomic E-state index is -1.19. The van der Waals surface area contributed by atoms with E-state index < -0.39 is 35.9 Å². The Bertz CT molecular complexity index is 1610. The molecule has 13 heteroatoms. The Hall–Kier alpha value is -3.81. The minimum absolute atomic E-state index is 0.115. The maximum atomic E-state index is 14.2. The van der Waals surface area contributed by atoms with Crippen molar-refractivity contribution in [1.82, 2.24) is 25.3 Å². The second kappa shape index (κ2) is 10.9. The van der Waals surface area contributed by atoms with Gasteiger partial charge in [0.05, 0.1) is 33.7 Å². The zero-order chi connectivity index (χ0) is 28.8. The average Bonchev–Trinajstić information content (AvgIpc) is 3.63. The number of hydrogen-bond acceptors (Lipinski definition) is 10. The van der Waals surface area contributed by atoms with E-state index in [1.54, 1.807) is 13.1 Å². The van der Waals surface area contributed by atoms with E-state index in [0.717, 1.165) is 28.8 Å². The third-order valence-electron chi connectivity index (χ3n) is 7.48. The van der Waals surface area contributed by atoms with E-state index in [0.29, 0.717) is 28.0 Å². The lowest BCUT2D eigenvalue weighted by Crippen LogP contribution is -2.42. The Morgan fingerprint density at radius 1 is 1.07 bits per heavy atom. The summed E-state index contributed by atoms with van der Waals surface area (Å²) in [5.74, 6) is -0.855. The maximum Gasteiger partial charge on any atom is 0.225 e. The summed E-state index contributed by atoms with van der Waals surface area (Å²) in [6.07, 6.45) is 1.80. The van der Waals surface area contributed by atoms with E-state index in [-0.39, 0.29) is 30.4 Å². The van der Waals surface area contributed by atoms with Crippen LogP contribution in [0.25, 0.3) is 20.8 Å². The number of anilines is 2. The summed E-state index contributed by atoms with van der Waals surface area (Å²) in [6, 6.07) is 4.26. The Morgan fingerprint density at radius 2 is 1.80 bits per heavy atom. The number of nitrogens with one attached hydrogen (secondary N) is 3. The lowest BCUT2D eigenvalue weighted by atomic mass is 10.1. The van der Waals surface area contributed by atoms with Crippen molar-refractivity contribution in [2.45, 2.75) is 69.9 Å². The van der Waals surface area contributed by atoms with Crippen LogP contribution in [-0.4, -0.2) is 60.3 Å². The maximum absolute atomic E-state index is 14.2. The number of benzene rings is 1. The van der Waals surface area contributed by atoms with Crippen molar-refractivity contribution in [1.29, 1.82) is 0 Å². The van der Waals surface area contributed by atoms with E-state index in [4.69, 9.17) is 4.98 Å². The van der Waals surface area contributed by atoms with Gasteiger partial charge in [0.25, 0.3) is 0 Å². The van der Waals surface area contributed by atoms with Gasteiger partial charge in [-0.15, -0.1) is 11.3 Å².